The summed E-state index contributed by atoms with van der Waals surface area (Å²) < 4.78 is 5.58. The zero-order chi connectivity index (χ0) is 18.8. The molecular weight excluding hydrogens is 408 g/mol. The molecule has 136 valence electrons. The van der Waals surface area contributed by atoms with Crippen molar-refractivity contribution < 1.29 is 0 Å². The van der Waals surface area contributed by atoms with E-state index in [9.17, 15) is 9.59 Å². The molecule has 0 aliphatic rings. The van der Waals surface area contributed by atoms with E-state index in [-0.39, 0.29) is 11.2 Å². The van der Waals surface area contributed by atoms with E-state index in [1.54, 1.807) is 29.2 Å². The third kappa shape index (κ3) is 3.26. The van der Waals surface area contributed by atoms with Crippen LogP contribution in [-0.2, 0) is 13.1 Å². The van der Waals surface area contributed by atoms with Gasteiger partial charge in [-0.1, -0.05) is 24.3 Å². The maximum absolute atomic E-state index is 13.2. The Bertz CT molecular complexity index is 1210. The molecule has 0 amide bonds. The second-order valence-corrected chi connectivity index (χ2v) is 7.05. The molecule has 0 atom stereocenters. The molecule has 0 saturated carbocycles. The first-order chi connectivity index (χ1) is 13.2. The van der Waals surface area contributed by atoms with Crippen molar-refractivity contribution in [2.75, 3.05) is 0 Å². The number of halogens is 1. The van der Waals surface area contributed by atoms with Crippen LogP contribution in [0.15, 0.2) is 81.3 Å². The summed E-state index contributed by atoms with van der Waals surface area (Å²) in [5.74, 6) is 0. The van der Waals surface area contributed by atoms with Gasteiger partial charge in [-0.05, 0) is 46.6 Å². The Balaban J connectivity index is 1.86. The van der Waals surface area contributed by atoms with Gasteiger partial charge in [-0.3, -0.25) is 9.36 Å². The van der Waals surface area contributed by atoms with Gasteiger partial charge in [0.05, 0.1) is 22.9 Å². The summed E-state index contributed by atoms with van der Waals surface area (Å²) in [6, 6.07) is 14.5. The molecule has 0 fully saturated rings. The van der Waals surface area contributed by atoms with Gasteiger partial charge in [0.25, 0.3) is 5.56 Å². The summed E-state index contributed by atoms with van der Waals surface area (Å²) >= 11 is 3.45. The summed E-state index contributed by atoms with van der Waals surface area (Å²) in [5.41, 5.74) is 0.549. The number of aryl methyl sites for hydroxylation is 2. The minimum atomic E-state index is -0.337. The van der Waals surface area contributed by atoms with Gasteiger partial charge in [-0.25, -0.2) is 14.3 Å². The number of imidazole rings is 1. The molecule has 7 heteroatoms. The second kappa shape index (κ2) is 7.36. The molecule has 2 aromatic carbocycles. The topological polar surface area (TPSA) is 61.8 Å². The molecule has 0 saturated heterocycles. The average molecular weight is 425 g/mol. The van der Waals surface area contributed by atoms with Gasteiger partial charge in [0, 0.05) is 30.0 Å². The molecular formula is C20H17BrN4O2. The fraction of sp³-hybridized carbons (Fsp3) is 0.150. The van der Waals surface area contributed by atoms with E-state index in [2.05, 4.69) is 20.9 Å². The SMILES string of the molecule is O=c1c2ccccc2n(CCCn2ccnc2)c(=O)n1-c1ccccc1Br. The molecule has 0 radical (unpaired) electrons. The fourth-order valence-corrected chi connectivity index (χ4v) is 3.68. The first-order valence-corrected chi connectivity index (χ1v) is 9.41. The highest BCUT2D eigenvalue weighted by Crippen LogP contribution is 2.19. The largest absolute Gasteiger partial charge is 0.337 e. The van der Waals surface area contributed by atoms with Crippen molar-refractivity contribution in [3.63, 3.8) is 0 Å². The average Bonchev–Trinajstić information content (AvgIpc) is 3.19. The van der Waals surface area contributed by atoms with Crippen molar-refractivity contribution in [1.29, 1.82) is 0 Å². The van der Waals surface area contributed by atoms with Gasteiger partial charge in [0.2, 0.25) is 0 Å². The molecule has 4 aromatic rings. The fourth-order valence-electron chi connectivity index (χ4n) is 3.21. The van der Waals surface area contributed by atoms with Gasteiger partial charge in [-0.2, -0.15) is 0 Å². The standard InChI is InChI=1S/C20H17BrN4O2/c21-16-7-2-4-9-18(16)25-19(26)15-6-1-3-8-17(15)24(20(25)27)12-5-11-23-13-10-22-14-23/h1-4,6-10,13-14H,5,11-12H2. The zero-order valence-electron chi connectivity index (χ0n) is 14.5. The summed E-state index contributed by atoms with van der Waals surface area (Å²) in [5, 5.41) is 0.524. The highest BCUT2D eigenvalue weighted by molar-refractivity contribution is 9.10. The van der Waals surface area contributed by atoms with Crippen LogP contribution in [0, 0.1) is 0 Å². The summed E-state index contributed by atoms with van der Waals surface area (Å²) in [6.07, 6.45) is 6.12. The van der Waals surface area contributed by atoms with Gasteiger partial charge >= 0.3 is 5.69 Å². The van der Waals surface area contributed by atoms with Crippen LogP contribution in [0.5, 0.6) is 0 Å². The van der Waals surface area contributed by atoms with Crippen LogP contribution in [0.3, 0.4) is 0 Å². The van der Waals surface area contributed by atoms with Crippen LogP contribution in [0.1, 0.15) is 6.42 Å². The Morgan fingerprint density at radius 3 is 2.52 bits per heavy atom. The van der Waals surface area contributed by atoms with Crippen LogP contribution < -0.4 is 11.2 Å². The van der Waals surface area contributed by atoms with Crippen molar-refractivity contribution >= 4 is 26.8 Å². The molecule has 0 unspecified atom stereocenters. The normalized spacial score (nSPS) is 11.1. The second-order valence-electron chi connectivity index (χ2n) is 6.20. The number of rotatable bonds is 5. The molecule has 2 aromatic heterocycles. The van der Waals surface area contributed by atoms with E-state index >= 15 is 0 Å². The minimum absolute atomic E-state index is 0.312. The molecule has 27 heavy (non-hydrogen) atoms. The number of hydrogen-bond donors (Lipinski definition) is 0. The van der Waals surface area contributed by atoms with Gasteiger partial charge in [-0.15, -0.1) is 0 Å². The van der Waals surface area contributed by atoms with Crippen molar-refractivity contribution in [3.8, 4) is 5.69 Å². The minimum Gasteiger partial charge on any atom is -0.337 e. The Morgan fingerprint density at radius 1 is 0.963 bits per heavy atom. The van der Waals surface area contributed by atoms with Crippen molar-refractivity contribution in [1.82, 2.24) is 18.7 Å². The van der Waals surface area contributed by atoms with Crippen LogP contribution in [0.25, 0.3) is 16.6 Å². The predicted molar refractivity (Wildman–Crippen MR) is 108 cm³/mol. The third-order valence-corrected chi connectivity index (χ3v) is 5.17. The van der Waals surface area contributed by atoms with E-state index in [4.69, 9.17) is 0 Å². The highest BCUT2D eigenvalue weighted by Gasteiger charge is 2.15. The Labute approximate surface area is 163 Å². The first-order valence-electron chi connectivity index (χ1n) is 8.62. The Kier molecular flexibility index (Phi) is 4.77. The number of hydrogen-bond acceptors (Lipinski definition) is 3. The monoisotopic (exact) mass is 424 g/mol. The molecule has 0 aliphatic carbocycles. The number of fused-ring (bicyclic) bond motifs is 1. The van der Waals surface area contributed by atoms with E-state index in [0.717, 1.165) is 13.0 Å². The smallest absolute Gasteiger partial charge is 0.336 e. The van der Waals surface area contributed by atoms with Crippen LogP contribution >= 0.6 is 15.9 Å². The van der Waals surface area contributed by atoms with E-state index in [1.807, 2.05) is 47.2 Å². The van der Waals surface area contributed by atoms with Crippen LogP contribution in [-0.4, -0.2) is 18.7 Å². The number of para-hydroxylation sites is 2. The number of benzene rings is 2. The van der Waals surface area contributed by atoms with Crippen molar-refractivity contribution in [2.45, 2.75) is 19.5 Å². The van der Waals surface area contributed by atoms with Gasteiger partial charge in [0.1, 0.15) is 0 Å². The Morgan fingerprint density at radius 2 is 1.74 bits per heavy atom. The quantitative estimate of drug-likeness (QED) is 0.494. The number of nitrogens with zero attached hydrogens (tertiary/aromatic N) is 4. The molecule has 0 N–H and O–H groups in total. The third-order valence-electron chi connectivity index (χ3n) is 4.50. The summed E-state index contributed by atoms with van der Waals surface area (Å²) in [6.45, 7) is 1.25. The lowest BCUT2D eigenvalue weighted by Crippen LogP contribution is -2.39. The van der Waals surface area contributed by atoms with Crippen LogP contribution in [0.2, 0.25) is 0 Å². The van der Waals surface area contributed by atoms with Gasteiger partial charge < -0.3 is 4.57 Å². The summed E-state index contributed by atoms with van der Waals surface area (Å²) in [7, 11) is 0. The van der Waals surface area contributed by atoms with E-state index in [1.165, 1.54) is 4.57 Å². The Hall–Kier alpha value is -2.93. The lowest BCUT2D eigenvalue weighted by Gasteiger charge is -2.15. The molecule has 4 rings (SSSR count). The number of aromatic nitrogens is 4. The molecule has 0 aliphatic heterocycles. The first kappa shape index (κ1) is 17.5. The molecule has 0 bridgehead atoms. The van der Waals surface area contributed by atoms with Crippen molar-refractivity contribution in [3.05, 3.63) is 92.6 Å². The highest BCUT2D eigenvalue weighted by atomic mass is 79.9. The maximum atomic E-state index is 13.2. The maximum Gasteiger partial charge on any atom is 0.336 e. The zero-order valence-corrected chi connectivity index (χ0v) is 16.0. The summed E-state index contributed by atoms with van der Waals surface area (Å²) in [4.78, 5) is 30.3. The van der Waals surface area contributed by atoms with E-state index in [0.29, 0.717) is 27.6 Å². The molecule has 2 heterocycles. The molecule has 6 nitrogen and oxygen atoms in total. The van der Waals surface area contributed by atoms with E-state index < -0.39 is 0 Å². The van der Waals surface area contributed by atoms with Crippen molar-refractivity contribution in [2.24, 2.45) is 0 Å². The lowest BCUT2D eigenvalue weighted by molar-refractivity contribution is 0.549. The van der Waals surface area contributed by atoms with Gasteiger partial charge in [0.15, 0.2) is 0 Å². The van der Waals surface area contributed by atoms with Crippen LogP contribution in [0.4, 0.5) is 0 Å². The molecule has 0 spiro atoms. The lowest BCUT2D eigenvalue weighted by atomic mass is 10.2. The predicted octanol–water partition coefficient (Wildman–Crippen LogP) is 3.20.